The summed E-state index contributed by atoms with van der Waals surface area (Å²) in [5.41, 5.74) is 3.84. The van der Waals surface area contributed by atoms with Gasteiger partial charge in [-0.2, -0.15) is 0 Å². The largest absolute Gasteiger partial charge is 0.303 e. The zero-order chi connectivity index (χ0) is 11.7. The molecule has 0 atom stereocenters. The lowest BCUT2D eigenvalue weighted by Crippen LogP contribution is -2.41. The fourth-order valence-electron chi connectivity index (χ4n) is 3.80. The third kappa shape index (κ3) is 1.91. The van der Waals surface area contributed by atoms with Crippen LogP contribution in [0.5, 0.6) is 0 Å². The Balaban J connectivity index is 1.78. The molecule has 1 heterocycles. The van der Waals surface area contributed by atoms with E-state index in [0.717, 1.165) is 0 Å². The normalized spacial score (nSPS) is 22.9. The molecule has 3 rings (SSSR count). The van der Waals surface area contributed by atoms with Crippen molar-refractivity contribution in [2.45, 2.75) is 44.4 Å². The van der Waals surface area contributed by atoms with E-state index in [0.29, 0.717) is 5.41 Å². The SMILES string of the molecule is CCCN1CCC2(CCc3ccccc32)CC1. The lowest BCUT2D eigenvalue weighted by atomic mass is 9.74. The van der Waals surface area contributed by atoms with Crippen LogP contribution >= 0.6 is 0 Å². The number of aryl methyl sites for hydroxylation is 1. The third-order valence-corrected chi connectivity index (χ3v) is 4.81. The minimum absolute atomic E-state index is 0.542. The Bertz CT molecular complexity index is 388. The van der Waals surface area contributed by atoms with E-state index in [1.807, 2.05) is 0 Å². The smallest absolute Gasteiger partial charge is 0.00102 e. The Hall–Kier alpha value is -0.820. The van der Waals surface area contributed by atoms with Crippen LogP contribution in [0.25, 0.3) is 0 Å². The summed E-state index contributed by atoms with van der Waals surface area (Å²) in [5, 5.41) is 0. The topological polar surface area (TPSA) is 3.24 Å². The Labute approximate surface area is 105 Å². The second kappa shape index (κ2) is 4.45. The van der Waals surface area contributed by atoms with Crippen LogP contribution in [0.1, 0.15) is 43.7 Å². The highest BCUT2D eigenvalue weighted by Gasteiger charge is 2.40. The van der Waals surface area contributed by atoms with Crippen LogP contribution in [0.15, 0.2) is 24.3 Å². The number of hydrogen-bond donors (Lipinski definition) is 0. The van der Waals surface area contributed by atoms with E-state index in [4.69, 9.17) is 0 Å². The molecule has 1 spiro atoms. The number of likely N-dealkylation sites (tertiary alicyclic amines) is 1. The number of fused-ring (bicyclic) bond motifs is 2. The predicted octanol–water partition coefficient (Wildman–Crippen LogP) is 3.38. The molecule has 0 radical (unpaired) electrons. The lowest BCUT2D eigenvalue weighted by Gasteiger charge is -2.40. The minimum Gasteiger partial charge on any atom is -0.303 e. The molecule has 1 aromatic rings. The number of nitrogens with zero attached hydrogens (tertiary/aromatic N) is 1. The monoisotopic (exact) mass is 229 g/mol. The Morgan fingerprint density at radius 1 is 1.12 bits per heavy atom. The van der Waals surface area contributed by atoms with Crippen molar-refractivity contribution in [2.24, 2.45) is 0 Å². The van der Waals surface area contributed by atoms with E-state index >= 15 is 0 Å². The molecule has 1 aromatic carbocycles. The number of hydrogen-bond acceptors (Lipinski definition) is 1. The van der Waals surface area contributed by atoms with Gasteiger partial charge in [-0.3, -0.25) is 0 Å². The zero-order valence-electron chi connectivity index (χ0n) is 10.9. The molecule has 0 unspecified atom stereocenters. The summed E-state index contributed by atoms with van der Waals surface area (Å²) in [6.45, 7) is 6.19. The summed E-state index contributed by atoms with van der Waals surface area (Å²) in [7, 11) is 0. The quantitative estimate of drug-likeness (QED) is 0.751. The van der Waals surface area contributed by atoms with Gasteiger partial charge in [-0.05, 0) is 68.3 Å². The second-order valence-electron chi connectivity index (χ2n) is 5.78. The van der Waals surface area contributed by atoms with Crippen molar-refractivity contribution in [3.8, 4) is 0 Å². The van der Waals surface area contributed by atoms with E-state index in [-0.39, 0.29) is 0 Å². The summed E-state index contributed by atoms with van der Waals surface area (Å²) >= 11 is 0. The molecule has 1 saturated heterocycles. The lowest BCUT2D eigenvalue weighted by molar-refractivity contribution is 0.159. The fourth-order valence-corrected chi connectivity index (χ4v) is 3.80. The molecule has 0 N–H and O–H groups in total. The first-order valence-corrected chi connectivity index (χ1v) is 7.15. The van der Waals surface area contributed by atoms with Gasteiger partial charge in [0.05, 0.1) is 0 Å². The first-order chi connectivity index (χ1) is 8.34. The van der Waals surface area contributed by atoms with Crippen LogP contribution in [0, 0.1) is 0 Å². The van der Waals surface area contributed by atoms with Gasteiger partial charge in [0.2, 0.25) is 0 Å². The standard InChI is InChI=1S/C16H23N/c1-2-11-17-12-9-16(10-13-17)8-7-14-5-3-4-6-15(14)16/h3-6H,2,7-13H2,1H3. The molecule has 1 aliphatic carbocycles. The van der Waals surface area contributed by atoms with Gasteiger partial charge in [-0.15, -0.1) is 0 Å². The molecule has 0 aromatic heterocycles. The minimum atomic E-state index is 0.542. The molecule has 0 bridgehead atoms. The van der Waals surface area contributed by atoms with E-state index in [1.165, 1.54) is 51.7 Å². The van der Waals surface area contributed by atoms with E-state index in [2.05, 4.69) is 36.1 Å². The first kappa shape index (κ1) is 11.3. The molecule has 0 amide bonds. The average Bonchev–Trinajstić information content (AvgIpc) is 2.73. The highest BCUT2D eigenvalue weighted by Crippen LogP contribution is 2.45. The first-order valence-electron chi connectivity index (χ1n) is 7.15. The van der Waals surface area contributed by atoms with Gasteiger partial charge in [-0.25, -0.2) is 0 Å². The Morgan fingerprint density at radius 2 is 1.88 bits per heavy atom. The van der Waals surface area contributed by atoms with Gasteiger partial charge in [0.15, 0.2) is 0 Å². The van der Waals surface area contributed by atoms with Gasteiger partial charge in [0.25, 0.3) is 0 Å². The van der Waals surface area contributed by atoms with E-state index < -0.39 is 0 Å². The van der Waals surface area contributed by atoms with Crippen LogP contribution < -0.4 is 0 Å². The number of rotatable bonds is 2. The van der Waals surface area contributed by atoms with Gasteiger partial charge in [0.1, 0.15) is 0 Å². The van der Waals surface area contributed by atoms with Gasteiger partial charge in [-0.1, -0.05) is 31.2 Å². The van der Waals surface area contributed by atoms with Crippen LogP contribution in [0.2, 0.25) is 0 Å². The van der Waals surface area contributed by atoms with Crippen molar-refractivity contribution in [3.63, 3.8) is 0 Å². The molecule has 1 nitrogen and oxygen atoms in total. The van der Waals surface area contributed by atoms with Gasteiger partial charge < -0.3 is 4.90 Å². The van der Waals surface area contributed by atoms with Gasteiger partial charge in [0, 0.05) is 0 Å². The summed E-state index contributed by atoms with van der Waals surface area (Å²) in [5.74, 6) is 0. The van der Waals surface area contributed by atoms with Crippen LogP contribution in [-0.2, 0) is 11.8 Å². The fraction of sp³-hybridized carbons (Fsp3) is 0.625. The maximum Gasteiger partial charge on any atom is -0.00102 e. The van der Waals surface area contributed by atoms with Crippen LogP contribution in [0.4, 0.5) is 0 Å². The summed E-state index contributed by atoms with van der Waals surface area (Å²) in [6, 6.07) is 9.15. The molecular weight excluding hydrogens is 206 g/mol. The van der Waals surface area contributed by atoms with Crippen LogP contribution in [-0.4, -0.2) is 24.5 Å². The number of piperidine rings is 1. The molecular formula is C16H23N. The summed E-state index contributed by atoms with van der Waals surface area (Å²) in [6.07, 6.45) is 6.76. The average molecular weight is 229 g/mol. The molecule has 0 saturated carbocycles. The van der Waals surface area contributed by atoms with E-state index in [9.17, 15) is 0 Å². The van der Waals surface area contributed by atoms with E-state index in [1.54, 1.807) is 11.1 Å². The maximum absolute atomic E-state index is 2.65. The summed E-state index contributed by atoms with van der Waals surface area (Å²) in [4.78, 5) is 2.65. The molecule has 17 heavy (non-hydrogen) atoms. The van der Waals surface area contributed by atoms with Crippen molar-refractivity contribution in [3.05, 3.63) is 35.4 Å². The zero-order valence-corrected chi connectivity index (χ0v) is 10.9. The molecule has 2 aliphatic rings. The van der Waals surface area contributed by atoms with Crippen molar-refractivity contribution in [1.82, 2.24) is 4.90 Å². The third-order valence-electron chi connectivity index (χ3n) is 4.81. The molecule has 1 fully saturated rings. The summed E-state index contributed by atoms with van der Waals surface area (Å²) < 4.78 is 0. The highest BCUT2D eigenvalue weighted by molar-refractivity contribution is 5.39. The van der Waals surface area contributed by atoms with Gasteiger partial charge >= 0.3 is 0 Å². The van der Waals surface area contributed by atoms with Crippen molar-refractivity contribution in [1.29, 1.82) is 0 Å². The highest BCUT2D eigenvalue weighted by atomic mass is 15.1. The second-order valence-corrected chi connectivity index (χ2v) is 5.78. The molecule has 1 aliphatic heterocycles. The number of benzene rings is 1. The predicted molar refractivity (Wildman–Crippen MR) is 72.4 cm³/mol. The maximum atomic E-state index is 2.65. The van der Waals surface area contributed by atoms with Crippen molar-refractivity contribution in [2.75, 3.05) is 19.6 Å². The van der Waals surface area contributed by atoms with Crippen LogP contribution in [0.3, 0.4) is 0 Å². The Morgan fingerprint density at radius 3 is 2.65 bits per heavy atom. The molecule has 92 valence electrons. The van der Waals surface area contributed by atoms with Crippen molar-refractivity contribution >= 4 is 0 Å². The van der Waals surface area contributed by atoms with Crippen molar-refractivity contribution < 1.29 is 0 Å². The molecule has 1 heteroatoms. The Kier molecular flexibility index (Phi) is 2.96.